The van der Waals surface area contributed by atoms with Crippen LogP contribution in [0.15, 0.2) is 48.5 Å². The van der Waals surface area contributed by atoms with Crippen molar-refractivity contribution in [2.45, 2.75) is 70.2 Å². The molecule has 3 aliphatic rings. The maximum Gasteiger partial charge on any atom is 0.399 e. The van der Waals surface area contributed by atoms with Gasteiger partial charge in [0.05, 0.1) is 10.9 Å². The van der Waals surface area contributed by atoms with E-state index in [2.05, 4.69) is 5.32 Å². The number of fused-ring (bicyclic) bond motifs is 2. The van der Waals surface area contributed by atoms with Gasteiger partial charge in [0.1, 0.15) is 17.9 Å². The molecule has 0 aliphatic carbocycles. The summed E-state index contributed by atoms with van der Waals surface area (Å²) in [6, 6.07) is 7.82. The molecule has 2 aromatic carbocycles. The number of benzene rings is 2. The molecular weight excluding hydrogens is 708 g/mol. The summed E-state index contributed by atoms with van der Waals surface area (Å²) in [7, 11) is -5.79. The molecule has 0 bridgehead atoms. The lowest BCUT2D eigenvalue weighted by Gasteiger charge is -2.41. The number of carbonyl (C=O) groups is 4. The quantitative estimate of drug-likeness (QED) is 0.283. The van der Waals surface area contributed by atoms with E-state index in [9.17, 15) is 36.9 Å². The van der Waals surface area contributed by atoms with Crippen molar-refractivity contribution in [3.05, 3.63) is 70.4 Å². The molecular formula is C35H40F3N4O7PS. The average Bonchev–Trinajstić information content (AvgIpc) is 3.83. The largest absolute Gasteiger partial charge is 0.399 e. The van der Waals surface area contributed by atoms with Gasteiger partial charge in [-0.1, -0.05) is 26.8 Å². The SMILES string of the molecule is CC(C)(C)[C@H](NC(=O)c1cc2cc(C(F)(F)P(=O)(O)O)ccc2s1)C(=O)N1CCC[C@H]1C(=O)N1CC[C@H]2CCN(C(=O)c3ccc(F)cc3)[C@H]2C1. The fourth-order valence-electron chi connectivity index (χ4n) is 7.38. The highest BCUT2D eigenvalue weighted by atomic mass is 32.1. The lowest BCUT2D eigenvalue weighted by atomic mass is 9.85. The van der Waals surface area contributed by atoms with Crippen LogP contribution in [-0.2, 0) is 19.8 Å². The Hall–Kier alpha value is -3.78. The van der Waals surface area contributed by atoms with E-state index in [4.69, 9.17) is 9.79 Å². The number of carbonyl (C=O) groups excluding carboxylic acids is 4. The number of rotatable bonds is 7. The van der Waals surface area contributed by atoms with Gasteiger partial charge in [-0.3, -0.25) is 23.7 Å². The smallest absolute Gasteiger partial charge is 0.339 e. The minimum absolute atomic E-state index is 0.108. The van der Waals surface area contributed by atoms with Crippen molar-refractivity contribution in [1.82, 2.24) is 20.0 Å². The zero-order chi connectivity index (χ0) is 37.0. The number of thiophene rings is 1. The van der Waals surface area contributed by atoms with Crippen LogP contribution in [0, 0.1) is 17.2 Å². The number of halogens is 3. The summed E-state index contributed by atoms with van der Waals surface area (Å²) >= 11 is 0.980. The second-order valence-electron chi connectivity index (χ2n) is 14.6. The first-order valence-electron chi connectivity index (χ1n) is 16.8. The van der Waals surface area contributed by atoms with Crippen molar-refractivity contribution in [3.63, 3.8) is 0 Å². The van der Waals surface area contributed by atoms with Gasteiger partial charge in [0.15, 0.2) is 0 Å². The third-order valence-corrected chi connectivity index (χ3v) is 12.3. The molecule has 0 unspecified atom stereocenters. The molecule has 4 heterocycles. The second kappa shape index (κ2) is 13.6. The Morgan fingerprint density at radius 3 is 2.29 bits per heavy atom. The zero-order valence-corrected chi connectivity index (χ0v) is 30.1. The Kier molecular flexibility index (Phi) is 9.90. The third-order valence-electron chi connectivity index (χ3n) is 10.2. The van der Waals surface area contributed by atoms with Crippen LogP contribution in [0.2, 0.25) is 0 Å². The lowest BCUT2D eigenvalue weighted by Crippen LogP contribution is -2.59. The van der Waals surface area contributed by atoms with Crippen molar-refractivity contribution in [2.24, 2.45) is 11.3 Å². The molecule has 4 atom stereocenters. The monoisotopic (exact) mass is 748 g/mol. The summed E-state index contributed by atoms with van der Waals surface area (Å²) in [5, 5.41) is 2.99. The van der Waals surface area contributed by atoms with Crippen molar-refractivity contribution < 1.29 is 46.7 Å². The Morgan fingerprint density at radius 2 is 1.63 bits per heavy atom. The van der Waals surface area contributed by atoms with Crippen LogP contribution in [0.1, 0.15) is 72.0 Å². The Labute approximate surface area is 296 Å². The van der Waals surface area contributed by atoms with Gasteiger partial charge in [-0.05, 0) is 84.9 Å². The molecule has 3 fully saturated rings. The predicted molar refractivity (Wildman–Crippen MR) is 184 cm³/mol. The number of hydrogen-bond acceptors (Lipinski definition) is 6. The molecule has 11 nitrogen and oxygen atoms in total. The molecule has 3 aromatic rings. The molecule has 4 amide bonds. The van der Waals surface area contributed by atoms with Gasteiger partial charge in [0, 0.05) is 42.0 Å². The number of nitrogens with one attached hydrogen (secondary N) is 1. The Balaban J connectivity index is 1.16. The predicted octanol–water partition coefficient (Wildman–Crippen LogP) is 5.17. The van der Waals surface area contributed by atoms with Crippen molar-refractivity contribution in [2.75, 3.05) is 26.2 Å². The fraction of sp³-hybridized carbons (Fsp3) is 0.486. The van der Waals surface area contributed by atoms with Crippen LogP contribution in [0.5, 0.6) is 0 Å². The molecule has 3 N–H and O–H groups in total. The molecule has 0 radical (unpaired) electrons. The zero-order valence-electron chi connectivity index (χ0n) is 28.4. The van der Waals surface area contributed by atoms with Crippen LogP contribution in [-0.4, -0.2) is 92.4 Å². The molecule has 3 aliphatic heterocycles. The van der Waals surface area contributed by atoms with E-state index >= 15 is 0 Å². The summed E-state index contributed by atoms with van der Waals surface area (Å²) in [5.74, 6) is -1.70. The van der Waals surface area contributed by atoms with E-state index in [1.165, 1.54) is 41.3 Å². The number of amides is 4. The average molecular weight is 749 g/mol. The third kappa shape index (κ3) is 7.18. The van der Waals surface area contributed by atoms with Gasteiger partial charge in [-0.2, -0.15) is 8.78 Å². The van der Waals surface area contributed by atoms with Crippen LogP contribution in [0.25, 0.3) is 10.1 Å². The number of piperidine rings is 1. The summed E-state index contributed by atoms with van der Waals surface area (Å²) in [6.07, 6.45) is 2.54. The summed E-state index contributed by atoms with van der Waals surface area (Å²) in [4.78, 5) is 78.5. The van der Waals surface area contributed by atoms with Gasteiger partial charge in [-0.15, -0.1) is 11.3 Å². The van der Waals surface area contributed by atoms with E-state index in [-0.39, 0.29) is 34.0 Å². The molecule has 16 heteroatoms. The highest BCUT2D eigenvalue weighted by Gasteiger charge is 2.51. The van der Waals surface area contributed by atoms with Crippen molar-refractivity contribution in [3.8, 4) is 0 Å². The minimum Gasteiger partial charge on any atom is -0.339 e. The van der Waals surface area contributed by atoms with Crippen LogP contribution < -0.4 is 5.32 Å². The van der Waals surface area contributed by atoms with E-state index in [0.717, 1.165) is 29.9 Å². The van der Waals surface area contributed by atoms with Crippen LogP contribution in [0.3, 0.4) is 0 Å². The van der Waals surface area contributed by atoms with Crippen LogP contribution >= 0.6 is 18.9 Å². The van der Waals surface area contributed by atoms with Gasteiger partial charge in [0.25, 0.3) is 11.8 Å². The molecule has 0 spiro atoms. The van der Waals surface area contributed by atoms with Crippen molar-refractivity contribution >= 4 is 52.6 Å². The summed E-state index contributed by atoms with van der Waals surface area (Å²) < 4.78 is 54.0. The second-order valence-corrected chi connectivity index (χ2v) is 17.3. The van der Waals surface area contributed by atoms with E-state index < -0.39 is 54.0 Å². The van der Waals surface area contributed by atoms with E-state index in [1.54, 1.807) is 30.6 Å². The first-order valence-corrected chi connectivity index (χ1v) is 19.2. The maximum atomic E-state index is 14.4. The van der Waals surface area contributed by atoms with Gasteiger partial charge >= 0.3 is 13.3 Å². The first-order chi connectivity index (χ1) is 23.9. The Morgan fingerprint density at radius 1 is 0.941 bits per heavy atom. The molecule has 274 valence electrons. The van der Waals surface area contributed by atoms with Crippen LogP contribution in [0.4, 0.5) is 13.2 Å². The molecule has 6 rings (SSSR count). The summed E-state index contributed by atoms with van der Waals surface area (Å²) in [5.41, 5.74) is -5.70. The van der Waals surface area contributed by atoms with Gasteiger partial charge in [-0.25, -0.2) is 4.39 Å². The van der Waals surface area contributed by atoms with E-state index in [0.29, 0.717) is 55.7 Å². The minimum atomic E-state index is -5.79. The fourth-order valence-corrected chi connectivity index (χ4v) is 8.80. The highest BCUT2D eigenvalue weighted by molar-refractivity contribution is 7.52. The Bertz CT molecular complexity index is 1910. The topological polar surface area (TPSA) is 148 Å². The number of likely N-dealkylation sites (tertiary alicyclic amines) is 3. The van der Waals surface area contributed by atoms with Gasteiger partial charge in [0.2, 0.25) is 11.8 Å². The molecule has 1 aromatic heterocycles. The van der Waals surface area contributed by atoms with Gasteiger partial charge < -0.3 is 29.8 Å². The normalized spacial score (nSPS) is 21.9. The number of hydrogen-bond donors (Lipinski definition) is 3. The standard InChI is InChI=1S/C35H40F3N4O7PS/c1-34(2,3)29(39-30(43)28-18-22-17-23(8-11-27(22)51-28)35(37,38)50(47,48)49)33(46)41-14-4-5-25(41)32(45)40-15-12-20-13-16-42(26(20)19-40)31(44)21-6-9-24(36)10-7-21/h6-11,17-18,20,25-26,29H,4-5,12-16,19H2,1-3H3,(H,39,43)(H2,47,48,49)/t20-,25-,26-,29+/m0/s1. The first kappa shape index (κ1) is 37.0. The molecule has 51 heavy (non-hydrogen) atoms. The number of nitrogens with zero attached hydrogens (tertiary/aromatic N) is 3. The van der Waals surface area contributed by atoms with E-state index in [1.807, 2.05) is 0 Å². The van der Waals surface area contributed by atoms with Crippen molar-refractivity contribution in [1.29, 1.82) is 0 Å². The summed E-state index contributed by atoms with van der Waals surface area (Å²) in [6.45, 7) is 7.00. The maximum absolute atomic E-state index is 14.4. The number of alkyl halides is 2. The highest BCUT2D eigenvalue weighted by Crippen LogP contribution is 2.59. The lowest BCUT2D eigenvalue weighted by molar-refractivity contribution is -0.147. The molecule has 3 saturated heterocycles. The molecule has 0 saturated carbocycles.